The van der Waals surface area contributed by atoms with Gasteiger partial charge in [0.15, 0.2) is 17.3 Å². The molecule has 2 aromatic carbocycles. The Kier molecular flexibility index (Phi) is 4.30. The smallest absolute Gasteiger partial charge is 0.192 e. The first kappa shape index (κ1) is 17.5. The van der Waals surface area contributed by atoms with Gasteiger partial charge < -0.3 is 4.42 Å². The van der Waals surface area contributed by atoms with E-state index in [0.717, 1.165) is 22.5 Å². The Bertz CT molecular complexity index is 1080. The van der Waals surface area contributed by atoms with Crippen molar-refractivity contribution in [3.05, 3.63) is 59.7 Å². The third-order valence-corrected chi connectivity index (χ3v) is 4.88. The number of fused-ring (bicyclic) bond motifs is 1. The first-order chi connectivity index (χ1) is 13.0. The Hall–Kier alpha value is -2.95. The Labute approximate surface area is 159 Å². The van der Waals surface area contributed by atoms with Crippen LogP contribution in [-0.2, 0) is 0 Å². The summed E-state index contributed by atoms with van der Waals surface area (Å²) in [4.78, 5) is 4.38. The molecule has 4 rings (SSSR count). The quantitative estimate of drug-likeness (QED) is 0.473. The van der Waals surface area contributed by atoms with Crippen molar-refractivity contribution in [1.29, 1.82) is 0 Å². The monoisotopic (exact) mass is 360 g/mol. The molecule has 0 aliphatic heterocycles. The van der Waals surface area contributed by atoms with Crippen molar-refractivity contribution in [2.45, 2.75) is 46.5 Å². The van der Waals surface area contributed by atoms with Crippen LogP contribution in [0.25, 0.3) is 28.2 Å². The van der Waals surface area contributed by atoms with E-state index in [4.69, 9.17) is 4.42 Å². The summed E-state index contributed by atoms with van der Waals surface area (Å²) in [7, 11) is 0. The third kappa shape index (κ3) is 3.03. The van der Waals surface area contributed by atoms with Crippen molar-refractivity contribution in [3.63, 3.8) is 0 Å². The number of benzene rings is 2. The molecular formula is C22H24N4O. The first-order valence-electron chi connectivity index (χ1n) is 9.36. The van der Waals surface area contributed by atoms with Gasteiger partial charge in [-0.2, -0.15) is 0 Å². The van der Waals surface area contributed by atoms with E-state index in [1.54, 1.807) is 6.33 Å². The van der Waals surface area contributed by atoms with Crippen LogP contribution in [0.5, 0.6) is 0 Å². The predicted octanol–water partition coefficient (Wildman–Crippen LogP) is 5.63. The fraction of sp³-hybridized carbons (Fsp3) is 0.318. The van der Waals surface area contributed by atoms with Gasteiger partial charge in [-0.25, -0.2) is 4.98 Å². The van der Waals surface area contributed by atoms with E-state index in [9.17, 15) is 0 Å². The first-order valence-corrected chi connectivity index (χ1v) is 9.36. The Morgan fingerprint density at radius 1 is 0.963 bits per heavy atom. The largest absolute Gasteiger partial charge is 0.441 e. The lowest BCUT2D eigenvalue weighted by Crippen LogP contribution is -2.07. The molecule has 0 aliphatic carbocycles. The maximum Gasteiger partial charge on any atom is 0.192 e. The lowest BCUT2D eigenvalue weighted by molar-refractivity contribution is 0.561. The average Bonchev–Trinajstić information content (AvgIpc) is 3.25. The number of aryl methyl sites for hydroxylation is 1. The van der Waals surface area contributed by atoms with Gasteiger partial charge in [0.1, 0.15) is 11.8 Å². The predicted molar refractivity (Wildman–Crippen MR) is 107 cm³/mol. The molecule has 0 aliphatic rings. The molecule has 2 aromatic heterocycles. The SMILES string of the molecule is Cc1nc2ccc(-c3nncn3-c3c(C(C)C)cccc3C(C)C)cc2o1. The van der Waals surface area contributed by atoms with Gasteiger partial charge >= 0.3 is 0 Å². The van der Waals surface area contributed by atoms with E-state index in [1.807, 2.05) is 25.1 Å². The molecule has 0 spiro atoms. The van der Waals surface area contributed by atoms with Crippen molar-refractivity contribution in [2.24, 2.45) is 0 Å². The van der Waals surface area contributed by atoms with Crippen LogP contribution in [0.4, 0.5) is 0 Å². The molecule has 0 saturated carbocycles. The van der Waals surface area contributed by atoms with Crippen LogP contribution in [0.1, 0.15) is 56.5 Å². The van der Waals surface area contributed by atoms with Crippen molar-refractivity contribution < 1.29 is 4.42 Å². The van der Waals surface area contributed by atoms with E-state index < -0.39 is 0 Å². The number of nitrogens with zero attached hydrogens (tertiary/aromatic N) is 4. The van der Waals surface area contributed by atoms with Crippen LogP contribution in [0.2, 0.25) is 0 Å². The summed E-state index contributed by atoms with van der Waals surface area (Å²) in [5.74, 6) is 2.26. The lowest BCUT2D eigenvalue weighted by atomic mass is 9.92. The van der Waals surface area contributed by atoms with Crippen molar-refractivity contribution in [2.75, 3.05) is 0 Å². The molecule has 27 heavy (non-hydrogen) atoms. The van der Waals surface area contributed by atoms with Crippen LogP contribution >= 0.6 is 0 Å². The second kappa shape index (κ2) is 6.65. The molecule has 0 bridgehead atoms. The van der Waals surface area contributed by atoms with Crippen LogP contribution in [0.15, 0.2) is 47.1 Å². The van der Waals surface area contributed by atoms with Crippen LogP contribution in [0.3, 0.4) is 0 Å². The van der Waals surface area contributed by atoms with Crippen LogP contribution < -0.4 is 0 Å². The molecule has 0 unspecified atom stereocenters. The highest BCUT2D eigenvalue weighted by Crippen LogP contribution is 2.34. The second-order valence-corrected chi connectivity index (χ2v) is 7.53. The van der Waals surface area contributed by atoms with Gasteiger partial charge in [0.05, 0.1) is 5.69 Å². The number of para-hydroxylation sites is 1. The zero-order valence-corrected chi connectivity index (χ0v) is 16.4. The van der Waals surface area contributed by atoms with Crippen molar-refractivity contribution in [1.82, 2.24) is 19.7 Å². The molecule has 0 atom stereocenters. The molecule has 0 radical (unpaired) electrons. The van der Waals surface area contributed by atoms with Crippen molar-refractivity contribution >= 4 is 11.1 Å². The fourth-order valence-corrected chi connectivity index (χ4v) is 3.56. The molecule has 0 fully saturated rings. The molecule has 0 saturated heterocycles. The maximum atomic E-state index is 5.71. The van der Waals surface area contributed by atoms with Gasteiger partial charge in [-0.3, -0.25) is 4.57 Å². The van der Waals surface area contributed by atoms with Crippen LogP contribution in [-0.4, -0.2) is 19.7 Å². The van der Waals surface area contributed by atoms with Gasteiger partial charge in [-0.05, 0) is 41.2 Å². The number of rotatable bonds is 4. The van der Waals surface area contributed by atoms with Gasteiger partial charge in [-0.1, -0.05) is 45.9 Å². The maximum absolute atomic E-state index is 5.71. The van der Waals surface area contributed by atoms with E-state index in [0.29, 0.717) is 17.7 Å². The summed E-state index contributed by atoms with van der Waals surface area (Å²) in [6, 6.07) is 12.5. The minimum absolute atomic E-state index is 0.397. The zero-order valence-electron chi connectivity index (χ0n) is 16.4. The molecule has 5 nitrogen and oxygen atoms in total. The van der Waals surface area contributed by atoms with E-state index in [2.05, 4.69) is 65.6 Å². The van der Waals surface area contributed by atoms with E-state index >= 15 is 0 Å². The van der Waals surface area contributed by atoms with Crippen LogP contribution in [0, 0.1) is 6.92 Å². The Balaban J connectivity index is 1.94. The summed E-state index contributed by atoms with van der Waals surface area (Å²) in [5, 5.41) is 8.66. The third-order valence-electron chi connectivity index (χ3n) is 4.88. The normalized spacial score (nSPS) is 11.8. The lowest BCUT2D eigenvalue weighted by Gasteiger charge is -2.21. The highest BCUT2D eigenvalue weighted by molar-refractivity contribution is 5.79. The summed E-state index contributed by atoms with van der Waals surface area (Å²) in [6.07, 6.45) is 1.80. The number of hydrogen-bond donors (Lipinski definition) is 0. The number of oxazole rings is 1. The Morgan fingerprint density at radius 3 is 2.33 bits per heavy atom. The minimum Gasteiger partial charge on any atom is -0.441 e. The zero-order chi connectivity index (χ0) is 19.1. The summed E-state index contributed by atoms with van der Waals surface area (Å²) in [5.41, 5.74) is 6.34. The molecule has 138 valence electrons. The minimum atomic E-state index is 0.397. The van der Waals surface area contributed by atoms with Crippen molar-refractivity contribution in [3.8, 4) is 17.1 Å². The molecule has 5 heteroatoms. The molecule has 0 N–H and O–H groups in total. The summed E-state index contributed by atoms with van der Waals surface area (Å²) < 4.78 is 7.81. The Morgan fingerprint density at radius 2 is 1.67 bits per heavy atom. The molecule has 2 heterocycles. The number of aromatic nitrogens is 4. The van der Waals surface area contributed by atoms with Gasteiger partial charge in [0.2, 0.25) is 0 Å². The molecule has 4 aromatic rings. The fourth-order valence-electron chi connectivity index (χ4n) is 3.56. The van der Waals surface area contributed by atoms with Gasteiger partial charge in [-0.15, -0.1) is 10.2 Å². The molecule has 0 amide bonds. The van der Waals surface area contributed by atoms with E-state index in [1.165, 1.54) is 16.8 Å². The van der Waals surface area contributed by atoms with Gasteiger partial charge in [0, 0.05) is 12.5 Å². The summed E-state index contributed by atoms with van der Waals surface area (Å²) >= 11 is 0. The molecular weight excluding hydrogens is 336 g/mol. The second-order valence-electron chi connectivity index (χ2n) is 7.53. The summed E-state index contributed by atoms with van der Waals surface area (Å²) in [6.45, 7) is 10.7. The average molecular weight is 360 g/mol. The standard InChI is InChI=1S/C22H24N4O/c1-13(2)17-7-6-8-18(14(3)4)21(17)26-12-23-25-22(26)16-9-10-19-20(11-16)27-15(5)24-19/h6-14H,1-5H3. The van der Waals surface area contributed by atoms with Gasteiger partial charge in [0.25, 0.3) is 0 Å². The topological polar surface area (TPSA) is 56.7 Å². The van der Waals surface area contributed by atoms with E-state index in [-0.39, 0.29) is 0 Å². The number of hydrogen-bond acceptors (Lipinski definition) is 4. The highest BCUT2D eigenvalue weighted by Gasteiger charge is 2.19. The highest BCUT2D eigenvalue weighted by atomic mass is 16.3.